The minimum Gasteiger partial charge on any atom is -0.394 e. The Balaban J connectivity index is 1.86. The minimum atomic E-state index is -0.272. The van der Waals surface area contributed by atoms with Crippen LogP contribution < -0.4 is 5.32 Å². The van der Waals surface area contributed by atoms with Gasteiger partial charge in [-0.15, -0.1) is 6.58 Å². The smallest absolute Gasteiger partial charge is 0.318 e. The van der Waals surface area contributed by atoms with Crippen LogP contribution in [0.15, 0.2) is 36.9 Å². The van der Waals surface area contributed by atoms with E-state index in [1.807, 2.05) is 18.2 Å². The van der Waals surface area contributed by atoms with Crippen LogP contribution in [0.25, 0.3) is 0 Å². The highest BCUT2D eigenvalue weighted by Crippen LogP contribution is 2.29. The maximum Gasteiger partial charge on any atom is 0.318 e. The van der Waals surface area contributed by atoms with Crippen molar-refractivity contribution in [3.8, 4) is 0 Å². The van der Waals surface area contributed by atoms with Crippen LogP contribution in [0.3, 0.4) is 0 Å². The summed E-state index contributed by atoms with van der Waals surface area (Å²) in [6.07, 6.45) is 3.43. The summed E-state index contributed by atoms with van der Waals surface area (Å²) < 4.78 is 5.37. The van der Waals surface area contributed by atoms with E-state index in [9.17, 15) is 9.90 Å². The SMILES string of the molecule is C=CCCOCCNC(=O)N1CCc2ccccc2C1CO. The molecule has 1 unspecified atom stereocenters. The van der Waals surface area contributed by atoms with E-state index in [1.54, 1.807) is 11.0 Å². The van der Waals surface area contributed by atoms with Gasteiger partial charge in [0.15, 0.2) is 0 Å². The molecule has 0 radical (unpaired) electrons. The van der Waals surface area contributed by atoms with Gasteiger partial charge in [-0.1, -0.05) is 30.3 Å². The number of rotatable bonds is 7. The monoisotopic (exact) mass is 304 g/mol. The molecule has 0 spiro atoms. The zero-order valence-electron chi connectivity index (χ0n) is 12.8. The average Bonchev–Trinajstić information content (AvgIpc) is 2.56. The molecule has 0 saturated heterocycles. The summed E-state index contributed by atoms with van der Waals surface area (Å²) in [7, 11) is 0. The molecule has 5 nitrogen and oxygen atoms in total. The van der Waals surface area contributed by atoms with Crippen LogP contribution in [-0.2, 0) is 11.2 Å². The number of amides is 2. The molecule has 0 bridgehead atoms. The number of hydrogen-bond donors (Lipinski definition) is 2. The fraction of sp³-hybridized carbons (Fsp3) is 0.471. The van der Waals surface area contributed by atoms with Gasteiger partial charge in [0.2, 0.25) is 0 Å². The van der Waals surface area contributed by atoms with Crippen LogP contribution in [0.2, 0.25) is 0 Å². The molecule has 2 rings (SSSR count). The first-order valence-corrected chi connectivity index (χ1v) is 7.69. The maximum absolute atomic E-state index is 12.3. The fourth-order valence-corrected chi connectivity index (χ4v) is 2.69. The Bertz CT molecular complexity index is 504. The lowest BCUT2D eigenvalue weighted by Gasteiger charge is -2.36. The molecule has 2 N–H and O–H groups in total. The van der Waals surface area contributed by atoms with Gasteiger partial charge in [0, 0.05) is 13.1 Å². The molecule has 1 aromatic rings. The Morgan fingerprint density at radius 2 is 2.27 bits per heavy atom. The van der Waals surface area contributed by atoms with Crippen LogP contribution in [0.5, 0.6) is 0 Å². The van der Waals surface area contributed by atoms with E-state index in [1.165, 1.54) is 5.56 Å². The van der Waals surface area contributed by atoms with Crippen molar-refractivity contribution in [2.45, 2.75) is 18.9 Å². The third kappa shape index (κ3) is 4.08. The van der Waals surface area contributed by atoms with Crippen LogP contribution in [0.1, 0.15) is 23.6 Å². The van der Waals surface area contributed by atoms with Crippen molar-refractivity contribution in [1.29, 1.82) is 0 Å². The van der Waals surface area contributed by atoms with Crippen LogP contribution in [-0.4, -0.2) is 48.9 Å². The number of ether oxygens (including phenoxy) is 1. The summed E-state index contributed by atoms with van der Waals surface area (Å²) >= 11 is 0. The highest BCUT2D eigenvalue weighted by molar-refractivity contribution is 5.75. The first kappa shape index (κ1) is 16.5. The quantitative estimate of drug-likeness (QED) is 0.597. The first-order chi connectivity index (χ1) is 10.8. The number of nitrogens with one attached hydrogen (secondary N) is 1. The van der Waals surface area contributed by atoms with E-state index in [4.69, 9.17) is 4.74 Å². The summed E-state index contributed by atoms with van der Waals surface area (Å²) in [5, 5.41) is 12.5. The maximum atomic E-state index is 12.3. The Hall–Kier alpha value is -1.85. The molecule has 120 valence electrons. The lowest BCUT2D eigenvalue weighted by atomic mass is 9.93. The second-order valence-electron chi connectivity index (χ2n) is 5.26. The molecule has 1 heterocycles. The van der Waals surface area contributed by atoms with E-state index in [0.29, 0.717) is 26.3 Å². The number of hydrogen-bond acceptors (Lipinski definition) is 3. The van der Waals surface area contributed by atoms with Gasteiger partial charge in [0.05, 0.1) is 25.9 Å². The van der Waals surface area contributed by atoms with Gasteiger partial charge in [-0.3, -0.25) is 0 Å². The van der Waals surface area contributed by atoms with Crippen molar-refractivity contribution in [3.05, 3.63) is 48.0 Å². The van der Waals surface area contributed by atoms with E-state index < -0.39 is 0 Å². The second-order valence-corrected chi connectivity index (χ2v) is 5.26. The Morgan fingerprint density at radius 1 is 1.45 bits per heavy atom. The van der Waals surface area contributed by atoms with Gasteiger partial charge in [-0.05, 0) is 24.0 Å². The van der Waals surface area contributed by atoms with Gasteiger partial charge >= 0.3 is 6.03 Å². The summed E-state index contributed by atoms with van der Waals surface area (Å²) in [6, 6.07) is 7.54. The van der Waals surface area contributed by atoms with Gasteiger partial charge in [0.25, 0.3) is 0 Å². The topological polar surface area (TPSA) is 61.8 Å². The van der Waals surface area contributed by atoms with Crippen molar-refractivity contribution in [2.75, 3.05) is 32.9 Å². The first-order valence-electron chi connectivity index (χ1n) is 7.69. The number of carbonyl (C=O) groups excluding carboxylic acids is 1. The number of aliphatic hydroxyl groups is 1. The second kappa shape index (κ2) is 8.56. The predicted octanol–water partition coefficient (Wildman–Crippen LogP) is 1.88. The molecule has 2 amide bonds. The predicted molar refractivity (Wildman–Crippen MR) is 85.7 cm³/mol. The molecule has 1 aliphatic heterocycles. The van der Waals surface area contributed by atoms with E-state index in [-0.39, 0.29) is 18.7 Å². The van der Waals surface area contributed by atoms with Crippen molar-refractivity contribution in [1.82, 2.24) is 10.2 Å². The number of nitrogens with zero attached hydrogens (tertiary/aromatic N) is 1. The number of benzene rings is 1. The molecular weight excluding hydrogens is 280 g/mol. The van der Waals surface area contributed by atoms with Crippen LogP contribution in [0.4, 0.5) is 4.79 Å². The summed E-state index contributed by atoms with van der Waals surface area (Å²) in [6.45, 7) is 5.74. The Kier molecular flexibility index (Phi) is 6.43. The molecule has 5 heteroatoms. The van der Waals surface area contributed by atoms with E-state index >= 15 is 0 Å². The zero-order chi connectivity index (χ0) is 15.8. The zero-order valence-corrected chi connectivity index (χ0v) is 12.8. The summed E-state index contributed by atoms with van der Waals surface area (Å²) in [4.78, 5) is 14.0. The minimum absolute atomic E-state index is 0.0692. The van der Waals surface area contributed by atoms with E-state index in [2.05, 4.69) is 18.0 Å². The van der Waals surface area contributed by atoms with Gasteiger partial charge in [-0.2, -0.15) is 0 Å². The summed E-state index contributed by atoms with van der Waals surface area (Å²) in [5.41, 5.74) is 2.24. The normalized spacial score (nSPS) is 17.0. The number of urea groups is 1. The molecule has 0 aliphatic carbocycles. The lowest BCUT2D eigenvalue weighted by Crippen LogP contribution is -2.47. The molecule has 0 aromatic heterocycles. The fourth-order valence-electron chi connectivity index (χ4n) is 2.69. The van der Waals surface area contributed by atoms with Gasteiger partial charge in [-0.25, -0.2) is 4.79 Å². The molecule has 0 fully saturated rings. The molecule has 1 atom stereocenters. The van der Waals surface area contributed by atoms with Gasteiger partial charge < -0.3 is 20.1 Å². The van der Waals surface area contributed by atoms with Crippen molar-refractivity contribution in [3.63, 3.8) is 0 Å². The molecule has 0 saturated carbocycles. The molecular formula is C17H24N2O3. The van der Waals surface area contributed by atoms with Crippen molar-refractivity contribution >= 4 is 6.03 Å². The van der Waals surface area contributed by atoms with Gasteiger partial charge in [0.1, 0.15) is 0 Å². The Morgan fingerprint density at radius 3 is 3.05 bits per heavy atom. The average molecular weight is 304 g/mol. The molecule has 1 aliphatic rings. The van der Waals surface area contributed by atoms with Crippen LogP contribution >= 0.6 is 0 Å². The molecule has 22 heavy (non-hydrogen) atoms. The Labute approximate surface area is 131 Å². The number of carbonyl (C=O) groups is 1. The lowest BCUT2D eigenvalue weighted by molar-refractivity contribution is 0.117. The third-order valence-electron chi connectivity index (χ3n) is 3.84. The molecule has 1 aromatic carbocycles. The number of fused-ring (bicyclic) bond motifs is 1. The van der Waals surface area contributed by atoms with Crippen LogP contribution in [0, 0.1) is 0 Å². The standard InChI is InChI=1S/C17H24N2O3/c1-2-3-11-22-12-9-18-17(21)19-10-8-14-6-4-5-7-15(14)16(19)13-20/h2,4-7,16,20H,1,3,8-13H2,(H,18,21). The third-order valence-corrected chi connectivity index (χ3v) is 3.84. The summed E-state index contributed by atoms with van der Waals surface area (Å²) in [5.74, 6) is 0. The largest absolute Gasteiger partial charge is 0.394 e. The van der Waals surface area contributed by atoms with Crippen molar-refractivity contribution in [2.24, 2.45) is 0 Å². The number of aliphatic hydroxyl groups excluding tert-OH is 1. The highest BCUT2D eigenvalue weighted by Gasteiger charge is 2.29. The highest BCUT2D eigenvalue weighted by atomic mass is 16.5. The van der Waals surface area contributed by atoms with Crippen molar-refractivity contribution < 1.29 is 14.6 Å². The van der Waals surface area contributed by atoms with E-state index in [0.717, 1.165) is 18.4 Å².